The minimum absolute atomic E-state index is 0.00841. The molecule has 2 fully saturated rings. The van der Waals surface area contributed by atoms with Gasteiger partial charge in [0.05, 0.1) is 12.1 Å². The average molecular weight is 300 g/mol. The summed E-state index contributed by atoms with van der Waals surface area (Å²) < 4.78 is 10.5. The Morgan fingerprint density at radius 2 is 2.14 bits per heavy atom. The van der Waals surface area contributed by atoms with E-state index in [1.807, 2.05) is 0 Å². The SMILES string of the molecule is COCCCC(NC(=O)NC1CCOC1C1CC1)C(=O)O. The molecule has 1 heterocycles. The van der Waals surface area contributed by atoms with Crippen LogP contribution >= 0.6 is 0 Å². The van der Waals surface area contributed by atoms with Crippen LogP contribution in [0, 0.1) is 5.92 Å². The highest BCUT2D eigenvalue weighted by Crippen LogP contribution is 2.38. The van der Waals surface area contributed by atoms with Crippen molar-refractivity contribution in [2.45, 2.75) is 50.3 Å². The zero-order chi connectivity index (χ0) is 15.2. The molecule has 7 nitrogen and oxygen atoms in total. The molecule has 1 aliphatic heterocycles. The number of hydrogen-bond acceptors (Lipinski definition) is 4. The molecule has 0 bridgehead atoms. The second-order valence-corrected chi connectivity index (χ2v) is 5.71. The molecule has 2 rings (SSSR count). The number of carboxylic acids is 1. The van der Waals surface area contributed by atoms with Gasteiger partial charge in [0.25, 0.3) is 0 Å². The fraction of sp³-hybridized carbons (Fsp3) is 0.857. The largest absolute Gasteiger partial charge is 0.480 e. The molecule has 21 heavy (non-hydrogen) atoms. The van der Waals surface area contributed by atoms with Crippen LogP contribution in [0.3, 0.4) is 0 Å². The molecular formula is C14H24N2O5. The lowest BCUT2D eigenvalue weighted by Crippen LogP contribution is -2.51. The van der Waals surface area contributed by atoms with Gasteiger partial charge >= 0.3 is 12.0 Å². The van der Waals surface area contributed by atoms with Crippen LogP contribution in [0.25, 0.3) is 0 Å². The van der Waals surface area contributed by atoms with E-state index < -0.39 is 18.0 Å². The number of hydrogen-bond donors (Lipinski definition) is 3. The van der Waals surface area contributed by atoms with Crippen molar-refractivity contribution < 1.29 is 24.2 Å². The average Bonchev–Trinajstić information content (AvgIpc) is 3.18. The highest BCUT2D eigenvalue weighted by atomic mass is 16.5. The Morgan fingerprint density at radius 3 is 2.76 bits per heavy atom. The summed E-state index contributed by atoms with van der Waals surface area (Å²) in [5.41, 5.74) is 0. The number of methoxy groups -OCH3 is 1. The van der Waals surface area contributed by atoms with E-state index in [1.54, 1.807) is 7.11 Å². The first-order valence-corrected chi connectivity index (χ1v) is 7.52. The van der Waals surface area contributed by atoms with E-state index in [1.165, 1.54) is 0 Å². The van der Waals surface area contributed by atoms with E-state index in [-0.39, 0.29) is 12.1 Å². The summed E-state index contributed by atoms with van der Waals surface area (Å²) in [4.78, 5) is 23.1. The molecule has 120 valence electrons. The molecule has 1 aliphatic carbocycles. The highest BCUT2D eigenvalue weighted by molar-refractivity contribution is 5.82. The van der Waals surface area contributed by atoms with Crippen LogP contribution in [0.1, 0.15) is 32.1 Å². The van der Waals surface area contributed by atoms with Crippen LogP contribution in [0.2, 0.25) is 0 Å². The van der Waals surface area contributed by atoms with E-state index in [2.05, 4.69) is 10.6 Å². The topological polar surface area (TPSA) is 96.9 Å². The van der Waals surface area contributed by atoms with Crippen LogP contribution in [0.15, 0.2) is 0 Å². The second kappa shape index (κ2) is 7.61. The summed E-state index contributed by atoms with van der Waals surface area (Å²) in [6.07, 6.45) is 4.12. The van der Waals surface area contributed by atoms with Crippen molar-refractivity contribution in [1.29, 1.82) is 0 Å². The summed E-state index contributed by atoms with van der Waals surface area (Å²) in [5.74, 6) is -0.475. The first-order valence-electron chi connectivity index (χ1n) is 7.52. The van der Waals surface area contributed by atoms with Crippen LogP contribution in [0.5, 0.6) is 0 Å². The standard InChI is InChI=1S/C14H24N2O5/c1-20-7-2-3-11(13(17)18)16-14(19)15-10-6-8-21-12(10)9-4-5-9/h9-12H,2-8H2,1H3,(H,17,18)(H2,15,16,19). The minimum Gasteiger partial charge on any atom is -0.480 e. The summed E-state index contributed by atoms with van der Waals surface area (Å²) in [6.45, 7) is 1.13. The van der Waals surface area contributed by atoms with Crippen molar-refractivity contribution in [2.24, 2.45) is 5.92 Å². The first-order chi connectivity index (χ1) is 10.1. The molecular weight excluding hydrogens is 276 g/mol. The number of carbonyl (C=O) groups excluding carboxylic acids is 1. The fourth-order valence-electron chi connectivity index (χ4n) is 2.71. The van der Waals surface area contributed by atoms with Gasteiger partial charge in [-0.3, -0.25) is 0 Å². The Kier molecular flexibility index (Phi) is 5.81. The minimum atomic E-state index is -1.03. The van der Waals surface area contributed by atoms with Gasteiger partial charge in [0.15, 0.2) is 0 Å². The maximum absolute atomic E-state index is 12.0. The lowest BCUT2D eigenvalue weighted by atomic mass is 10.1. The Morgan fingerprint density at radius 1 is 1.38 bits per heavy atom. The number of amides is 2. The zero-order valence-corrected chi connectivity index (χ0v) is 12.3. The Balaban J connectivity index is 1.76. The van der Waals surface area contributed by atoms with Gasteiger partial charge in [0.1, 0.15) is 6.04 Å². The number of carboxylic acid groups (broad SMARTS) is 1. The molecule has 2 amide bonds. The monoisotopic (exact) mass is 300 g/mol. The fourth-order valence-corrected chi connectivity index (χ4v) is 2.71. The molecule has 7 heteroatoms. The summed E-state index contributed by atoms with van der Waals surface area (Å²) in [5, 5.41) is 14.5. The number of urea groups is 1. The zero-order valence-electron chi connectivity index (χ0n) is 12.3. The van der Waals surface area contributed by atoms with Gasteiger partial charge in [-0.05, 0) is 38.0 Å². The van der Waals surface area contributed by atoms with E-state index in [9.17, 15) is 9.59 Å². The first kappa shape index (κ1) is 16.0. The van der Waals surface area contributed by atoms with Gasteiger partial charge in [0, 0.05) is 20.3 Å². The van der Waals surface area contributed by atoms with E-state index in [0.29, 0.717) is 32.0 Å². The molecule has 3 atom stereocenters. The third-order valence-corrected chi connectivity index (χ3v) is 3.98. The molecule has 0 aromatic carbocycles. The molecule has 0 aromatic rings. The number of carbonyl (C=O) groups is 2. The quantitative estimate of drug-likeness (QED) is 0.574. The molecule has 0 aromatic heterocycles. The number of ether oxygens (including phenoxy) is 2. The Labute approximate surface area is 124 Å². The molecule has 0 spiro atoms. The van der Waals surface area contributed by atoms with Crippen LogP contribution in [0.4, 0.5) is 4.79 Å². The molecule has 1 saturated heterocycles. The normalized spacial score (nSPS) is 26.3. The lowest BCUT2D eigenvalue weighted by molar-refractivity contribution is -0.139. The number of rotatable bonds is 8. The highest BCUT2D eigenvalue weighted by Gasteiger charge is 2.41. The van der Waals surface area contributed by atoms with Crippen molar-refractivity contribution in [2.75, 3.05) is 20.3 Å². The van der Waals surface area contributed by atoms with E-state index in [4.69, 9.17) is 14.6 Å². The van der Waals surface area contributed by atoms with Crippen molar-refractivity contribution in [3.63, 3.8) is 0 Å². The van der Waals surface area contributed by atoms with Crippen LogP contribution in [-0.2, 0) is 14.3 Å². The molecule has 3 N–H and O–H groups in total. The van der Waals surface area contributed by atoms with Crippen molar-refractivity contribution >= 4 is 12.0 Å². The third kappa shape index (κ3) is 4.86. The van der Waals surface area contributed by atoms with Gasteiger partial charge in [-0.15, -0.1) is 0 Å². The maximum Gasteiger partial charge on any atom is 0.326 e. The van der Waals surface area contributed by atoms with E-state index in [0.717, 1.165) is 19.3 Å². The summed E-state index contributed by atoms with van der Waals surface area (Å²) in [7, 11) is 1.56. The van der Waals surface area contributed by atoms with Gasteiger partial charge in [-0.2, -0.15) is 0 Å². The Hall–Kier alpha value is -1.34. The molecule has 2 aliphatic rings. The molecule has 0 radical (unpaired) electrons. The van der Waals surface area contributed by atoms with Crippen molar-refractivity contribution in [3.05, 3.63) is 0 Å². The smallest absolute Gasteiger partial charge is 0.326 e. The maximum atomic E-state index is 12.0. The number of aliphatic carboxylic acids is 1. The predicted molar refractivity (Wildman–Crippen MR) is 75.1 cm³/mol. The number of nitrogens with one attached hydrogen (secondary N) is 2. The summed E-state index contributed by atoms with van der Waals surface area (Å²) >= 11 is 0. The van der Waals surface area contributed by atoms with Crippen LogP contribution in [-0.4, -0.2) is 55.6 Å². The van der Waals surface area contributed by atoms with Gasteiger partial charge < -0.3 is 25.2 Å². The Bertz CT molecular complexity index is 372. The molecule has 1 saturated carbocycles. The van der Waals surface area contributed by atoms with Gasteiger partial charge in [-0.25, -0.2) is 9.59 Å². The van der Waals surface area contributed by atoms with Crippen molar-refractivity contribution in [1.82, 2.24) is 10.6 Å². The molecule has 3 unspecified atom stereocenters. The lowest BCUT2D eigenvalue weighted by Gasteiger charge is -2.21. The van der Waals surface area contributed by atoms with Gasteiger partial charge in [-0.1, -0.05) is 0 Å². The third-order valence-electron chi connectivity index (χ3n) is 3.98. The second-order valence-electron chi connectivity index (χ2n) is 5.71. The predicted octanol–water partition coefficient (Wildman–Crippen LogP) is 0.733. The van der Waals surface area contributed by atoms with Gasteiger partial charge in [0.2, 0.25) is 0 Å². The van der Waals surface area contributed by atoms with Crippen LogP contribution < -0.4 is 10.6 Å². The van der Waals surface area contributed by atoms with Crippen molar-refractivity contribution in [3.8, 4) is 0 Å². The van der Waals surface area contributed by atoms with E-state index >= 15 is 0 Å². The summed E-state index contributed by atoms with van der Waals surface area (Å²) in [6, 6.07) is -1.33.